The van der Waals surface area contributed by atoms with Crippen LogP contribution in [0.3, 0.4) is 0 Å². The molecule has 32 heavy (non-hydrogen) atoms. The topological polar surface area (TPSA) is 54.0 Å². The molecule has 0 amide bonds. The van der Waals surface area contributed by atoms with Gasteiger partial charge in [-0.1, -0.05) is 31.2 Å². The van der Waals surface area contributed by atoms with Crippen molar-refractivity contribution in [3.63, 3.8) is 0 Å². The highest BCUT2D eigenvalue weighted by Gasteiger charge is 2.11. The van der Waals surface area contributed by atoms with Crippen LogP contribution in [0.25, 0.3) is 6.08 Å². The van der Waals surface area contributed by atoms with E-state index in [2.05, 4.69) is 19.1 Å². The molecular formula is C27H28O5. The lowest BCUT2D eigenvalue weighted by atomic mass is 10.1. The van der Waals surface area contributed by atoms with Crippen LogP contribution in [0.1, 0.15) is 34.0 Å². The summed E-state index contributed by atoms with van der Waals surface area (Å²) in [6.45, 7) is 2.48. The number of benzene rings is 3. The van der Waals surface area contributed by atoms with Gasteiger partial charge in [0.25, 0.3) is 0 Å². The van der Waals surface area contributed by atoms with Crippen LogP contribution in [0.15, 0.2) is 66.7 Å². The van der Waals surface area contributed by atoms with Crippen LogP contribution in [-0.2, 0) is 13.0 Å². The van der Waals surface area contributed by atoms with Crippen molar-refractivity contribution in [3.8, 4) is 23.0 Å². The Balaban J connectivity index is 1.77. The molecule has 0 spiro atoms. The molecule has 0 unspecified atom stereocenters. The van der Waals surface area contributed by atoms with Crippen molar-refractivity contribution in [2.45, 2.75) is 20.0 Å². The molecule has 0 atom stereocenters. The second kappa shape index (κ2) is 11.0. The monoisotopic (exact) mass is 432 g/mol. The van der Waals surface area contributed by atoms with Crippen molar-refractivity contribution >= 4 is 11.9 Å². The molecule has 0 N–H and O–H groups in total. The zero-order valence-electron chi connectivity index (χ0n) is 18.9. The largest absolute Gasteiger partial charge is 0.497 e. The summed E-state index contributed by atoms with van der Waals surface area (Å²) in [5.41, 5.74) is 3.46. The smallest absolute Gasteiger partial charge is 0.189 e. The van der Waals surface area contributed by atoms with E-state index in [4.69, 9.17) is 18.9 Å². The van der Waals surface area contributed by atoms with E-state index in [1.807, 2.05) is 30.3 Å². The molecule has 0 heterocycles. The van der Waals surface area contributed by atoms with Crippen molar-refractivity contribution < 1.29 is 23.7 Å². The Kier molecular flexibility index (Phi) is 7.92. The molecular weight excluding hydrogens is 404 g/mol. The van der Waals surface area contributed by atoms with Gasteiger partial charge in [0.15, 0.2) is 5.78 Å². The first-order chi connectivity index (χ1) is 15.6. The van der Waals surface area contributed by atoms with Crippen molar-refractivity contribution in [2.24, 2.45) is 0 Å². The number of ether oxygens (including phenoxy) is 4. The Hall–Kier alpha value is -3.73. The van der Waals surface area contributed by atoms with Gasteiger partial charge in [-0.05, 0) is 66.1 Å². The second-order valence-electron chi connectivity index (χ2n) is 7.12. The number of carbonyl (C=O) groups excluding carboxylic acids is 1. The van der Waals surface area contributed by atoms with Gasteiger partial charge in [-0.25, -0.2) is 0 Å². The first-order valence-electron chi connectivity index (χ1n) is 10.4. The highest BCUT2D eigenvalue weighted by Crippen LogP contribution is 2.26. The predicted octanol–water partition coefficient (Wildman–Crippen LogP) is 5.75. The summed E-state index contributed by atoms with van der Waals surface area (Å²) in [6.07, 6.45) is 4.27. The maximum Gasteiger partial charge on any atom is 0.189 e. The van der Waals surface area contributed by atoms with E-state index in [1.165, 1.54) is 18.7 Å². The maximum atomic E-state index is 12.8. The van der Waals surface area contributed by atoms with Gasteiger partial charge in [0, 0.05) is 5.56 Å². The van der Waals surface area contributed by atoms with Crippen molar-refractivity contribution in [2.75, 3.05) is 21.3 Å². The standard InChI is InChI=1S/C27H28O5/c1-5-19-6-10-22(11-7-19)32-18-21-16-20(9-14-26(21)30-3)8-13-25(28)24-17-23(29-2)12-15-27(24)31-4/h6-17H,5,18H2,1-4H3/b13-8+. The number of hydrogen-bond acceptors (Lipinski definition) is 5. The van der Waals surface area contributed by atoms with Gasteiger partial charge in [0.05, 0.1) is 26.9 Å². The first kappa shape index (κ1) is 22.9. The van der Waals surface area contributed by atoms with Gasteiger partial charge in [-0.15, -0.1) is 0 Å². The number of rotatable bonds is 10. The normalized spacial score (nSPS) is 10.8. The van der Waals surface area contributed by atoms with E-state index in [-0.39, 0.29) is 5.78 Å². The molecule has 0 saturated carbocycles. The SMILES string of the molecule is CCc1ccc(OCc2cc(/C=C/C(=O)c3cc(OC)ccc3OC)ccc2OC)cc1. The fourth-order valence-corrected chi connectivity index (χ4v) is 3.27. The molecule has 0 radical (unpaired) electrons. The summed E-state index contributed by atoms with van der Waals surface area (Å²) in [5, 5.41) is 0. The Morgan fingerprint density at radius 2 is 1.50 bits per heavy atom. The zero-order valence-corrected chi connectivity index (χ0v) is 18.9. The van der Waals surface area contributed by atoms with Crippen LogP contribution < -0.4 is 18.9 Å². The van der Waals surface area contributed by atoms with E-state index < -0.39 is 0 Å². The third kappa shape index (κ3) is 5.70. The fourth-order valence-electron chi connectivity index (χ4n) is 3.27. The van der Waals surface area contributed by atoms with Crippen LogP contribution in [0.5, 0.6) is 23.0 Å². The lowest BCUT2D eigenvalue weighted by molar-refractivity contribution is 0.104. The van der Waals surface area contributed by atoms with Crippen molar-refractivity contribution in [3.05, 3.63) is 89.0 Å². The fraction of sp³-hybridized carbons (Fsp3) is 0.222. The minimum absolute atomic E-state index is 0.176. The van der Waals surface area contributed by atoms with E-state index in [0.717, 1.165) is 29.0 Å². The Morgan fingerprint density at radius 1 is 0.812 bits per heavy atom. The quantitative estimate of drug-likeness (QED) is 0.302. The summed E-state index contributed by atoms with van der Waals surface area (Å²) < 4.78 is 22.0. The molecule has 0 aliphatic rings. The van der Waals surface area contributed by atoms with Crippen LogP contribution in [0.4, 0.5) is 0 Å². The molecule has 166 valence electrons. The summed E-state index contributed by atoms with van der Waals surface area (Å²) in [5.74, 6) is 2.45. The number of hydrogen-bond donors (Lipinski definition) is 0. The van der Waals surface area contributed by atoms with Crippen LogP contribution >= 0.6 is 0 Å². The minimum Gasteiger partial charge on any atom is -0.497 e. The van der Waals surface area contributed by atoms with Gasteiger partial charge < -0.3 is 18.9 Å². The van der Waals surface area contributed by atoms with Crippen molar-refractivity contribution in [1.82, 2.24) is 0 Å². The minimum atomic E-state index is -0.176. The second-order valence-corrected chi connectivity index (χ2v) is 7.12. The third-order valence-electron chi connectivity index (χ3n) is 5.13. The Morgan fingerprint density at radius 3 is 2.16 bits per heavy atom. The van der Waals surface area contributed by atoms with E-state index in [1.54, 1.807) is 38.5 Å². The number of ketones is 1. The molecule has 0 aliphatic heterocycles. The van der Waals surface area contributed by atoms with Gasteiger partial charge >= 0.3 is 0 Å². The molecule has 5 nitrogen and oxygen atoms in total. The zero-order chi connectivity index (χ0) is 22.9. The molecule has 3 aromatic rings. The van der Waals surface area contributed by atoms with Gasteiger partial charge in [0.1, 0.15) is 29.6 Å². The van der Waals surface area contributed by atoms with Crippen LogP contribution in [0.2, 0.25) is 0 Å². The van der Waals surface area contributed by atoms with E-state index in [9.17, 15) is 4.79 Å². The maximum absolute atomic E-state index is 12.8. The van der Waals surface area contributed by atoms with Crippen molar-refractivity contribution in [1.29, 1.82) is 0 Å². The third-order valence-corrected chi connectivity index (χ3v) is 5.13. The molecule has 3 rings (SSSR count). The summed E-state index contributed by atoms with van der Waals surface area (Å²) in [6, 6.07) is 18.9. The van der Waals surface area contributed by atoms with E-state index >= 15 is 0 Å². The lowest BCUT2D eigenvalue weighted by Gasteiger charge is -2.12. The summed E-state index contributed by atoms with van der Waals surface area (Å²) in [4.78, 5) is 12.8. The molecule has 0 saturated heterocycles. The highest BCUT2D eigenvalue weighted by molar-refractivity contribution is 6.08. The first-order valence-corrected chi connectivity index (χ1v) is 10.4. The molecule has 0 bridgehead atoms. The molecule has 5 heteroatoms. The summed E-state index contributed by atoms with van der Waals surface area (Å²) >= 11 is 0. The van der Waals surface area contributed by atoms with Crippen LogP contribution in [-0.4, -0.2) is 27.1 Å². The van der Waals surface area contributed by atoms with Gasteiger partial charge in [-0.3, -0.25) is 4.79 Å². The highest BCUT2D eigenvalue weighted by atomic mass is 16.5. The Bertz CT molecular complexity index is 1080. The summed E-state index contributed by atoms with van der Waals surface area (Å²) in [7, 11) is 4.72. The molecule has 3 aromatic carbocycles. The number of carbonyl (C=O) groups is 1. The molecule has 0 aromatic heterocycles. The number of aryl methyl sites for hydroxylation is 1. The lowest BCUT2D eigenvalue weighted by Crippen LogP contribution is -2.00. The average Bonchev–Trinajstić information content (AvgIpc) is 2.85. The van der Waals surface area contributed by atoms with Crippen LogP contribution in [0, 0.1) is 0 Å². The predicted molar refractivity (Wildman–Crippen MR) is 126 cm³/mol. The number of allylic oxidation sites excluding steroid dienone is 1. The van der Waals surface area contributed by atoms with E-state index in [0.29, 0.717) is 23.7 Å². The molecule has 0 aliphatic carbocycles. The van der Waals surface area contributed by atoms with Gasteiger partial charge in [-0.2, -0.15) is 0 Å². The Labute approximate surface area is 189 Å². The number of methoxy groups -OCH3 is 3. The van der Waals surface area contributed by atoms with Gasteiger partial charge in [0.2, 0.25) is 0 Å². The average molecular weight is 433 g/mol. The molecule has 0 fully saturated rings.